The van der Waals surface area contributed by atoms with Crippen LogP contribution in [0.3, 0.4) is 0 Å². The summed E-state index contributed by atoms with van der Waals surface area (Å²) in [6.45, 7) is 2.01. The summed E-state index contributed by atoms with van der Waals surface area (Å²) in [5, 5.41) is 1.69. The number of nitrogen functional groups attached to an aromatic ring is 1. The lowest BCUT2D eigenvalue weighted by molar-refractivity contribution is 1.35. The fourth-order valence-electron chi connectivity index (χ4n) is 1.51. The number of hydrogen-bond donors (Lipinski definition) is 1. The van der Waals surface area contributed by atoms with E-state index in [1.54, 1.807) is 11.3 Å². The fourth-order valence-corrected chi connectivity index (χ4v) is 3.22. The third-order valence-corrected chi connectivity index (χ3v) is 3.88. The lowest BCUT2D eigenvalue weighted by atomic mass is 10.3. The van der Waals surface area contributed by atoms with Crippen molar-refractivity contribution in [3.63, 3.8) is 0 Å². The summed E-state index contributed by atoms with van der Waals surface area (Å²) in [6.07, 6.45) is 0. The molecule has 2 N–H and O–H groups in total. The molecule has 0 aliphatic carbocycles. The Labute approximate surface area is 88.2 Å². The maximum atomic E-state index is 5.68. The Morgan fingerprint density at radius 2 is 2.07 bits per heavy atom. The zero-order valence-electron chi connectivity index (χ0n) is 7.44. The summed E-state index contributed by atoms with van der Waals surface area (Å²) in [7, 11) is 0. The molecule has 2 aromatic heterocycles. The van der Waals surface area contributed by atoms with Gasteiger partial charge in [-0.05, 0) is 19.1 Å². The Kier molecular flexibility index (Phi) is 1.54. The summed E-state index contributed by atoms with van der Waals surface area (Å²) in [5.41, 5.74) is 7.69. The fraction of sp³-hybridized carbons (Fsp3) is 0.111. The minimum atomic E-state index is 0.624. The predicted molar refractivity (Wildman–Crippen MR) is 61.9 cm³/mol. The van der Waals surface area contributed by atoms with Gasteiger partial charge in [-0.3, -0.25) is 0 Å². The third kappa shape index (κ3) is 1.03. The molecular formula is C9H7N3S2. The van der Waals surface area contributed by atoms with Crippen LogP contribution in [0.25, 0.3) is 20.4 Å². The Bertz CT molecular complexity index is 568. The Hall–Kier alpha value is -1.20. The highest BCUT2D eigenvalue weighted by Crippen LogP contribution is 2.33. The van der Waals surface area contributed by atoms with Crippen LogP contribution in [0.15, 0.2) is 12.1 Å². The lowest BCUT2D eigenvalue weighted by Gasteiger charge is -1.87. The van der Waals surface area contributed by atoms with Gasteiger partial charge in [-0.2, -0.15) is 0 Å². The number of nitrogens with zero attached hydrogens (tertiary/aromatic N) is 2. The predicted octanol–water partition coefficient (Wildman–Crippen LogP) is 2.80. The Balaban J connectivity index is 2.58. The van der Waals surface area contributed by atoms with Gasteiger partial charge >= 0.3 is 0 Å². The molecule has 0 aliphatic heterocycles. The summed E-state index contributed by atoms with van der Waals surface area (Å²) < 4.78 is 2.28. The molecule has 0 spiro atoms. The molecule has 14 heavy (non-hydrogen) atoms. The Morgan fingerprint density at radius 3 is 2.93 bits per heavy atom. The number of rotatable bonds is 0. The summed E-state index contributed by atoms with van der Waals surface area (Å²) in [4.78, 5) is 8.74. The van der Waals surface area contributed by atoms with Gasteiger partial charge in [0.1, 0.15) is 5.52 Å². The van der Waals surface area contributed by atoms with E-state index in [1.165, 1.54) is 11.3 Å². The van der Waals surface area contributed by atoms with Crippen LogP contribution in [0, 0.1) is 6.92 Å². The first-order chi connectivity index (χ1) is 6.74. The van der Waals surface area contributed by atoms with Crippen molar-refractivity contribution in [2.24, 2.45) is 0 Å². The topological polar surface area (TPSA) is 51.8 Å². The first kappa shape index (κ1) is 8.14. The summed E-state index contributed by atoms with van der Waals surface area (Å²) in [6, 6.07) is 4.06. The minimum absolute atomic E-state index is 0.624. The SMILES string of the molecule is Cc1nc2ccc3sc(N)nc3c2s1. The van der Waals surface area contributed by atoms with Crippen LogP contribution in [-0.4, -0.2) is 9.97 Å². The number of aryl methyl sites for hydroxylation is 1. The highest BCUT2D eigenvalue weighted by molar-refractivity contribution is 7.24. The first-order valence-electron chi connectivity index (χ1n) is 4.16. The van der Waals surface area contributed by atoms with E-state index in [0.29, 0.717) is 5.13 Å². The molecular weight excluding hydrogens is 214 g/mol. The maximum Gasteiger partial charge on any atom is 0.181 e. The highest BCUT2D eigenvalue weighted by atomic mass is 32.1. The van der Waals surface area contributed by atoms with Crippen LogP contribution < -0.4 is 5.73 Å². The molecule has 0 unspecified atom stereocenters. The van der Waals surface area contributed by atoms with Crippen molar-refractivity contribution in [2.75, 3.05) is 5.73 Å². The van der Waals surface area contributed by atoms with Gasteiger partial charge < -0.3 is 5.73 Å². The van der Waals surface area contributed by atoms with Crippen LogP contribution in [-0.2, 0) is 0 Å². The van der Waals surface area contributed by atoms with Crippen molar-refractivity contribution >= 4 is 48.2 Å². The molecule has 3 aromatic rings. The molecule has 0 saturated carbocycles. The second-order valence-electron chi connectivity index (χ2n) is 3.05. The van der Waals surface area contributed by atoms with Gasteiger partial charge in [0.15, 0.2) is 5.13 Å². The normalized spacial score (nSPS) is 11.5. The molecule has 0 atom stereocenters. The van der Waals surface area contributed by atoms with Crippen LogP contribution in [0.5, 0.6) is 0 Å². The molecule has 0 saturated heterocycles. The summed E-state index contributed by atoms with van der Waals surface area (Å²) >= 11 is 3.19. The van der Waals surface area contributed by atoms with Crippen molar-refractivity contribution in [2.45, 2.75) is 6.92 Å². The molecule has 70 valence electrons. The van der Waals surface area contributed by atoms with E-state index in [2.05, 4.69) is 9.97 Å². The average Bonchev–Trinajstić information content (AvgIpc) is 2.65. The zero-order valence-corrected chi connectivity index (χ0v) is 9.08. The van der Waals surface area contributed by atoms with E-state index < -0.39 is 0 Å². The van der Waals surface area contributed by atoms with Gasteiger partial charge in [0.2, 0.25) is 0 Å². The van der Waals surface area contributed by atoms with E-state index in [1.807, 2.05) is 19.1 Å². The lowest BCUT2D eigenvalue weighted by Crippen LogP contribution is -1.79. The van der Waals surface area contributed by atoms with Gasteiger partial charge in [-0.25, -0.2) is 9.97 Å². The molecule has 0 fully saturated rings. The second-order valence-corrected chi connectivity index (χ2v) is 5.31. The van der Waals surface area contributed by atoms with Gasteiger partial charge in [-0.15, -0.1) is 11.3 Å². The monoisotopic (exact) mass is 221 g/mol. The van der Waals surface area contributed by atoms with Crippen molar-refractivity contribution < 1.29 is 0 Å². The molecule has 0 radical (unpaired) electrons. The van der Waals surface area contributed by atoms with E-state index in [-0.39, 0.29) is 0 Å². The number of aromatic nitrogens is 2. The van der Waals surface area contributed by atoms with Gasteiger partial charge in [0, 0.05) is 0 Å². The molecule has 0 aliphatic rings. The standard InChI is InChI=1S/C9H7N3S2/c1-4-11-5-2-3-6-7(8(5)13-4)12-9(10)14-6/h2-3H,1H3,(H2,10,12). The minimum Gasteiger partial charge on any atom is -0.375 e. The second kappa shape index (κ2) is 2.65. The molecule has 3 nitrogen and oxygen atoms in total. The van der Waals surface area contributed by atoms with Crippen molar-refractivity contribution in [1.29, 1.82) is 0 Å². The maximum absolute atomic E-state index is 5.68. The number of benzene rings is 1. The smallest absolute Gasteiger partial charge is 0.181 e. The molecule has 5 heteroatoms. The van der Waals surface area contributed by atoms with Gasteiger partial charge in [-0.1, -0.05) is 11.3 Å². The largest absolute Gasteiger partial charge is 0.375 e. The van der Waals surface area contributed by atoms with E-state index in [4.69, 9.17) is 5.73 Å². The molecule has 1 aromatic carbocycles. The van der Waals surface area contributed by atoms with Gasteiger partial charge in [0.05, 0.1) is 19.9 Å². The highest BCUT2D eigenvalue weighted by Gasteiger charge is 2.08. The molecule has 0 bridgehead atoms. The van der Waals surface area contributed by atoms with Crippen LogP contribution in [0.4, 0.5) is 5.13 Å². The number of hydrogen-bond acceptors (Lipinski definition) is 5. The Morgan fingerprint density at radius 1 is 1.21 bits per heavy atom. The van der Waals surface area contributed by atoms with Gasteiger partial charge in [0.25, 0.3) is 0 Å². The van der Waals surface area contributed by atoms with Crippen LogP contribution in [0.2, 0.25) is 0 Å². The first-order valence-corrected chi connectivity index (χ1v) is 5.79. The number of anilines is 1. The van der Waals surface area contributed by atoms with E-state index in [0.717, 1.165) is 25.4 Å². The quantitative estimate of drug-likeness (QED) is 0.635. The van der Waals surface area contributed by atoms with Crippen LogP contribution >= 0.6 is 22.7 Å². The summed E-state index contributed by atoms with van der Waals surface area (Å²) in [5.74, 6) is 0. The van der Waals surface area contributed by atoms with E-state index >= 15 is 0 Å². The number of nitrogens with two attached hydrogens (primary N) is 1. The van der Waals surface area contributed by atoms with Crippen molar-refractivity contribution in [1.82, 2.24) is 9.97 Å². The van der Waals surface area contributed by atoms with Crippen molar-refractivity contribution in [3.05, 3.63) is 17.1 Å². The number of fused-ring (bicyclic) bond motifs is 3. The zero-order chi connectivity index (χ0) is 9.71. The third-order valence-electron chi connectivity index (χ3n) is 2.04. The number of thiazole rings is 2. The van der Waals surface area contributed by atoms with Crippen molar-refractivity contribution in [3.8, 4) is 0 Å². The van der Waals surface area contributed by atoms with E-state index in [9.17, 15) is 0 Å². The average molecular weight is 221 g/mol. The molecule has 2 heterocycles. The molecule has 0 amide bonds. The van der Waals surface area contributed by atoms with Crippen LogP contribution in [0.1, 0.15) is 5.01 Å². The molecule has 3 rings (SSSR count).